The normalized spacial score (nSPS) is 38.3. The summed E-state index contributed by atoms with van der Waals surface area (Å²) in [4.78, 5) is 18.3. The van der Waals surface area contributed by atoms with Crippen LogP contribution in [0, 0.1) is 17.8 Å². The van der Waals surface area contributed by atoms with Gasteiger partial charge in [0.1, 0.15) is 35.4 Å². The Kier molecular flexibility index (Phi) is 20.9. The number of nitrogens with zero attached hydrogens (tertiary/aromatic N) is 8. The molecule has 1 aromatic carbocycles. The number of esters is 1. The molecule has 0 saturated carbocycles. The summed E-state index contributed by atoms with van der Waals surface area (Å²) >= 11 is 1.83. The summed E-state index contributed by atoms with van der Waals surface area (Å²) in [5.74, 6) is -2.12. The van der Waals surface area contributed by atoms with Crippen LogP contribution >= 0.6 is 22.6 Å². The molecule has 2 aromatic heterocycles. The van der Waals surface area contributed by atoms with E-state index in [4.69, 9.17) is 33.2 Å². The Bertz CT molecular complexity index is 2220. The van der Waals surface area contributed by atoms with Crippen LogP contribution in [0.2, 0.25) is 0 Å². The molecule has 3 fully saturated rings. The van der Waals surface area contributed by atoms with Gasteiger partial charge in [-0.3, -0.25) is 9.48 Å². The van der Waals surface area contributed by atoms with Crippen molar-refractivity contribution < 1.29 is 68.6 Å². The first-order valence-corrected chi connectivity index (χ1v) is 27.1. The van der Waals surface area contributed by atoms with Crippen molar-refractivity contribution in [2.24, 2.45) is 17.8 Å². The second kappa shape index (κ2) is 25.6. The maximum absolute atomic E-state index is 14.3. The summed E-state index contributed by atoms with van der Waals surface area (Å²) in [6, 6.07) is 6.43. The predicted octanol–water partition coefficient (Wildman–Crippen LogP) is 2.63. The number of aromatic nitrogens is 6. The number of ether oxygens (including phenoxy) is 7. The van der Waals surface area contributed by atoms with Crippen LogP contribution in [0.25, 0.3) is 5.69 Å². The van der Waals surface area contributed by atoms with E-state index in [2.05, 4.69) is 25.5 Å². The molecule has 5 heterocycles. The number of methoxy groups -OCH3 is 1. The van der Waals surface area contributed by atoms with E-state index < -0.39 is 100 Å². The van der Waals surface area contributed by atoms with Crippen molar-refractivity contribution in [1.29, 1.82) is 0 Å². The molecule has 6 N–H and O–H groups in total. The molecule has 74 heavy (non-hydrogen) atoms. The van der Waals surface area contributed by atoms with E-state index in [0.717, 1.165) is 11.4 Å². The maximum atomic E-state index is 14.3. The highest BCUT2D eigenvalue weighted by Gasteiger charge is 2.53. The van der Waals surface area contributed by atoms with E-state index >= 15 is 0 Å². The fourth-order valence-electron chi connectivity index (χ4n) is 10.7. The number of hydrogen-bond acceptors (Lipinski definition) is 20. The number of hydrogen-bond donors (Lipinski definition) is 6. The predicted molar refractivity (Wildman–Crippen MR) is 278 cm³/mol. The molecule has 0 radical (unpaired) electrons. The summed E-state index contributed by atoms with van der Waals surface area (Å²) < 4.78 is 46.2. The molecule has 0 amide bonds. The fourth-order valence-corrected chi connectivity index (χ4v) is 11.3. The van der Waals surface area contributed by atoms with Crippen molar-refractivity contribution in [3.05, 3.63) is 48.0 Å². The zero-order valence-corrected chi connectivity index (χ0v) is 47.3. The number of halogens is 1. The van der Waals surface area contributed by atoms with Gasteiger partial charge in [-0.25, -0.2) is 4.68 Å². The van der Waals surface area contributed by atoms with Crippen molar-refractivity contribution in [1.82, 2.24) is 39.8 Å². The lowest BCUT2D eigenvalue weighted by Gasteiger charge is -2.49. The van der Waals surface area contributed by atoms with Gasteiger partial charge in [-0.15, -0.1) is 10.2 Å². The third kappa shape index (κ3) is 14.6. The van der Waals surface area contributed by atoms with Crippen LogP contribution < -0.4 is 4.74 Å². The largest absolute Gasteiger partial charge is 0.494 e. The molecule has 0 spiro atoms. The second-order valence-corrected chi connectivity index (χ2v) is 23.0. The SMILES string of the molecule is CO[C@]1(C)C[C@H](O[C@H]2[C@H](C)[C@@H](O[C@@H]3O[C@H](C)C[C@H](N(C)CCc4cn(CCCOc5ccc(-n6cc(CO)nn6)cc5)nn4)[C@H]3O)[C@](C)(O)C[C@@H](C)CN(C)[C@H](C)[C@@H](O)[C@](C)(O)[C@@H](I)OC(=O)[C@@H]2C)O[C@@H](C)[C@@H]1O. The molecule has 0 aliphatic carbocycles. The molecule has 6 rings (SSSR count). The minimum Gasteiger partial charge on any atom is -0.494 e. The van der Waals surface area contributed by atoms with Crippen molar-refractivity contribution in [3.63, 3.8) is 0 Å². The Balaban J connectivity index is 1.16. The number of rotatable bonds is 16. The van der Waals surface area contributed by atoms with Crippen LogP contribution in [0.3, 0.4) is 0 Å². The first-order chi connectivity index (χ1) is 34.8. The van der Waals surface area contributed by atoms with E-state index in [1.165, 1.54) is 14.0 Å². The van der Waals surface area contributed by atoms with Gasteiger partial charge in [0.05, 0.1) is 72.3 Å². The lowest BCUT2D eigenvalue weighted by molar-refractivity contribution is -0.318. The van der Waals surface area contributed by atoms with Gasteiger partial charge >= 0.3 is 5.97 Å². The molecule has 418 valence electrons. The number of alkyl halides is 1. The molecule has 22 nitrogen and oxygen atoms in total. The van der Waals surface area contributed by atoms with Gasteiger partial charge in [-0.05, 0) is 128 Å². The van der Waals surface area contributed by atoms with E-state index in [1.54, 1.807) is 57.1 Å². The Hall–Kier alpha value is -3.02. The zero-order chi connectivity index (χ0) is 54.4. The minimum atomic E-state index is -1.86. The van der Waals surface area contributed by atoms with Crippen LogP contribution in [0.5, 0.6) is 5.75 Å². The number of cyclic esters (lactones) is 1. The van der Waals surface area contributed by atoms with E-state index in [1.807, 2.05) is 85.9 Å². The molecule has 3 aromatic rings. The average molecular weight is 1160 g/mol. The molecule has 0 bridgehead atoms. The molecule has 18 atom stereocenters. The Morgan fingerprint density at radius 3 is 2.27 bits per heavy atom. The van der Waals surface area contributed by atoms with Crippen molar-refractivity contribution in [2.45, 2.75) is 196 Å². The van der Waals surface area contributed by atoms with Crippen LogP contribution in [0.4, 0.5) is 0 Å². The summed E-state index contributed by atoms with van der Waals surface area (Å²) in [6.45, 7) is 17.5. The molecular formula is C51H83IN8O14. The molecule has 3 aliphatic heterocycles. The van der Waals surface area contributed by atoms with Crippen molar-refractivity contribution in [2.75, 3.05) is 40.9 Å². The topological polar surface area (TPSA) is 271 Å². The maximum Gasteiger partial charge on any atom is 0.312 e. The minimum absolute atomic E-state index is 0.0953. The van der Waals surface area contributed by atoms with Gasteiger partial charge in [-0.1, -0.05) is 24.3 Å². The van der Waals surface area contributed by atoms with E-state index in [-0.39, 0.29) is 31.5 Å². The Morgan fingerprint density at radius 1 is 0.919 bits per heavy atom. The van der Waals surface area contributed by atoms with Crippen LogP contribution in [-0.4, -0.2) is 206 Å². The van der Waals surface area contributed by atoms with E-state index in [0.29, 0.717) is 56.9 Å². The number of aryl methyl sites for hydroxylation is 1. The molecule has 3 aliphatic rings. The fraction of sp³-hybridized carbons (Fsp3) is 0.784. The lowest BCUT2D eigenvalue weighted by Crippen LogP contribution is -2.60. The van der Waals surface area contributed by atoms with Gasteiger partial charge in [0.15, 0.2) is 16.7 Å². The standard InChI is InChI=1S/C51H83IN8O14/c1-29-23-49(7,66)45(31(3)42(72-40-24-50(8,68-12)44(64)34(6)71-40)32(4)46(65)74-48(52)51(9,67)43(63)33(5)58(11)25-29)73-47-41(62)39(22-30(2)70-47)57(10)20-18-35-26-59(55-53-35)19-13-21-69-38-16-14-37(15-17-38)60-27-36(28-61)54-56-60/h14-17,26-27,29-34,39-45,47-48,61-64,66-67H,13,18-25,28H2,1-12H3/t29-,30-,31+,32-,33-,34+,39+,40+,41-,42+,43-,44+,45-,47+,48+,49-,50-,51+/m1/s1. The lowest BCUT2D eigenvalue weighted by atomic mass is 9.77. The number of aliphatic hydroxyl groups is 6. The third-order valence-corrected chi connectivity index (χ3v) is 16.9. The van der Waals surface area contributed by atoms with Gasteiger partial charge < -0.3 is 73.6 Å². The monoisotopic (exact) mass is 1160 g/mol. The smallest absolute Gasteiger partial charge is 0.312 e. The Labute approximate surface area is 449 Å². The van der Waals surface area contributed by atoms with Gasteiger partial charge in [0.25, 0.3) is 0 Å². The molecule has 0 unspecified atom stereocenters. The van der Waals surface area contributed by atoms with E-state index in [9.17, 15) is 35.4 Å². The van der Waals surface area contributed by atoms with Crippen molar-refractivity contribution >= 4 is 28.6 Å². The number of likely N-dealkylation sites (N-methyl/N-ethyl adjacent to an activating group) is 2. The highest BCUT2D eigenvalue weighted by molar-refractivity contribution is 14.1. The summed E-state index contributed by atoms with van der Waals surface area (Å²) in [6.07, 6.45) is -3.41. The highest BCUT2D eigenvalue weighted by Crippen LogP contribution is 2.40. The number of aliphatic hydroxyl groups excluding tert-OH is 4. The first kappa shape index (κ1) is 60.2. The quantitative estimate of drug-likeness (QED) is 0.0521. The summed E-state index contributed by atoms with van der Waals surface area (Å²) in [5.41, 5.74) is -2.50. The number of benzene rings is 1. The van der Waals surface area contributed by atoms with Crippen LogP contribution in [0.15, 0.2) is 36.7 Å². The average Bonchev–Trinajstić information content (AvgIpc) is 4.04. The molecular weight excluding hydrogens is 1080 g/mol. The number of carbonyl (C=O) groups is 1. The van der Waals surface area contributed by atoms with Gasteiger partial charge in [0, 0.05) is 70.2 Å². The third-order valence-electron chi connectivity index (χ3n) is 15.4. The van der Waals surface area contributed by atoms with Crippen molar-refractivity contribution in [3.8, 4) is 11.4 Å². The van der Waals surface area contributed by atoms with Gasteiger partial charge in [0.2, 0.25) is 0 Å². The zero-order valence-electron chi connectivity index (χ0n) is 45.1. The Morgan fingerprint density at radius 2 is 1.61 bits per heavy atom. The second-order valence-electron chi connectivity index (χ2n) is 21.8. The van der Waals surface area contributed by atoms with Crippen LogP contribution in [0.1, 0.15) is 99.4 Å². The molecule has 3 saturated heterocycles. The first-order valence-electron chi connectivity index (χ1n) is 25.8. The number of carbonyl (C=O) groups excluding carboxylic acids is 1. The van der Waals surface area contributed by atoms with Crippen LogP contribution in [-0.2, 0) is 52.8 Å². The summed E-state index contributed by atoms with van der Waals surface area (Å²) in [7, 11) is 5.25. The highest BCUT2D eigenvalue weighted by atomic mass is 127. The molecule has 23 heteroatoms. The summed E-state index contributed by atoms with van der Waals surface area (Å²) in [5, 5.41) is 85.3. The van der Waals surface area contributed by atoms with Gasteiger partial charge in [-0.2, -0.15) is 0 Å².